The smallest absolute Gasteiger partial charge is 0.351 e. The number of fused-ring (bicyclic) bond motifs is 1. The normalized spacial score (nSPS) is 24.1. The number of amides is 2. The molecule has 3 heterocycles. The first kappa shape index (κ1) is 23.8. The first-order valence-electron chi connectivity index (χ1n) is 11.9. The number of benzene rings is 1. The molecule has 5 rings (SSSR count). The minimum absolute atomic E-state index is 0.0107. The van der Waals surface area contributed by atoms with E-state index in [-0.39, 0.29) is 29.7 Å². The number of alkyl halides is 3. The van der Waals surface area contributed by atoms with Crippen LogP contribution in [0.25, 0.3) is 11.4 Å². The third-order valence-corrected chi connectivity index (χ3v) is 7.47. The standard InChI is InChI=1S/C24H28F3N5O3/c1-14(33)32-12-23(2,13-32)21(34)28-18-5-3-4-6-19(18)31-10-16-8-7-15(9-17(16)11-31)20-29-22(35-30-20)24(25,26)27/h7-9,18-19H,3-6,10-13H2,1-2H3,(H,28,34)/t18-,19-/m1/s1. The van der Waals surface area contributed by atoms with Gasteiger partial charge >= 0.3 is 12.1 Å². The number of halogens is 3. The summed E-state index contributed by atoms with van der Waals surface area (Å²) >= 11 is 0. The first-order chi connectivity index (χ1) is 16.5. The Bertz CT molecular complexity index is 1140. The van der Waals surface area contributed by atoms with Gasteiger partial charge in [-0.15, -0.1) is 0 Å². The summed E-state index contributed by atoms with van der Waals surface area (Å²) in [6.45, 7) is 5.64. The van der Waals surface area contributed by atoms with Gasteiger partial charge in [-0.25, -0.2) is 0 Å². The largest absolute Gasteiger partial charge is 0.471 e. The van der Waals surface area contributed by atoms with Crippen molar-refractivity contribution in [3.8, 4) is 11.4 Å². The van der Waals surface area contributed by atoms with Gasteiger partial charge in [0.25, 0.3) is 0 Å². The molecule has 0 radical (unpaired) electrons. The Morgan fingerprint density at radius 3 is 2.54 bits per heavy atom. The molecular formula is C24H28F3N5O3. The molecule has 0 spiro atoms. The molecular weight excluding hydrogens is 463 g/mol. The summed E-state index contributed by atoms with van der Waals surface area (Å²) in [5, 5.41) is 6.76. The van der Waals surface area contributed by atoms with E-state index in [2.05, 4.69) is 24.9 Å². The summed E-state index contributed by atoms with van der Waals surface area (Å²) in [7, 11) is 0. The lowest BCUT2D eigenvalue weighted by Crippen LogP contribution is -2.65. The Hall–Kier alpha value is -2.95. The van der Waals surface area contributed by atoms with Gasteiger partial charge in [-0.3, -0.25) is 14.5 Å². The lowest BCUT2D eigenvalue weighted by atomic mass is 9.79. The van der Waals surface area contributed by atoms with Crippen LogP contribution in [-0.2, 0) is 28.9 Å². The van der Waals surface area contributed by atoms with Gasteiger partial charge < -0.3 is 14.7 Å². The predicted octanol–water partition coefficient (Wildman–Crippen LogP) is 3.37. The second-order valence-corrected chi connectivity index (χ2v) is 10.2. The zero-order chi connectivity index (χ0) is 25.0. The molecule has 2 fully saturated rings. The molecule has 1 aromatic heterocycles. The molecule has 1 N–H and O–H groups in total. The lowest BCUT2D eigenvalue weighted by Gasteiger charge is -2.47. The number of hydrogen-bond donors (Lipinski definition) is 1. The summed E-state index contributed by atoms with van der Waals surface area (Å²) in [6, 6.07) is 5.61. The van der Waals surface area contributed by atoms with Crippen molar-refractivity contribution in [3.05, 3.63) is 35.2 Å². The first-order valence-corrected chi connectivity index (χ1v) is 11.9. The number of carbonyl (C=O) groups excluding carboxylic acids is 2. The number of carbonyl (C=O) groups is 2. The topological polar surface area (TPSA) is 91.6 Å². The molecule has 3 aliphatic rings. The van der Waals surface area contributed by atoms with E-state index in [0.717, 1.165) is 36.8 Å². The molecule has 2 amide bonds. The second kappa shape index (κ2) is 8.61. The molecule has 2 aliphatic heterocycles. The van der Waals surface area contributed by atoms with Gasteiger partial charge in [-0.1, -0.05) is 30.1 Å². The average Bonchev–Trinajstić information content (AvgIpc) is 3.43. The fraction of sp³-hybridized carbons (Fsp3) is 0.583. The maximum absolute atomic E-state index is 13.1. The molecule has 8 nitrogen and oxygen atoms in total. The SMILES string of the molecule is CC(=O)N1CC(C)(C(=O)N[C@@H]2CCCC[C@H]2N2Cc3ccc(-c4noc(C(F)(F)F)n4)cc3C2)C1. The van der Waals surface area contributed by atoms with Crippen LogP contribution in [0.4, 0.5) is 13.2 Å². The van der Waals surface area contributed by atoms with Crippen molar-refractivity contribution in [3.63, 3.8) is 0 Å². The van der Waals surface area contributed by atoms with Crippen molar-refractivity contribution in [1.29, 1.82) is 0 Å². The van der Waals surface area contributed by atoms with Crippen LogP contribution in [0.3, 0.4) is 0 Å². The molecule has 1 saturated heterocycles. The quantitative estimate of drug-likeness (QED) is 0.705. The lowest BCUT2D eigenvalue weighted by molar-refractivity contribution is -0.159. The number of aromatic nitrogens is 2. The van der Waals surface area contributed by atoms with E-state index in [0.29, 0.717) is 31.7 Å². The molecule has 1 aromatic carbocycles. The van der Waals surface area contributed by atoms with Crippen LogP contribution in [-0.4, -0.2) is 56.9 Å². The Balaban J connectivity index is 1.27. The molecule has 2 aromatic rings. The molecule has 2 atom stereocenters. The van der Waals surface area contributed by atoms with Gasteiger partial charge in [0.2, 0.25) is 17.6 Å². The van der Waals surface area contributed by atoms with Crippen LogP contribution in [0, 0.1) is 5.41 Å². The van der Waals surface area contributed by atoms with E-state index in [4.69, 9.17) is 0 Å². The summed E-state index contributed by atoms with van der Waals surface area (Å²) < 4.78 is 42.8. The fourth-order valence-electron chi connectivity index (χ4n) is 5.47. The third-order valence-electron chi connectivity index (χ3n) is 7.47. The maximum atomic E-state index is 13.1. The van der Waals surface area contributed by atoms with E-state index in [9.17, 15) is 22.8 Å². The molecule has 35 heavy (non-hydrogen) atoms. The minimum Gasteiger partial charge on any atom is -0.351 e. The van der Waals surface area contributed by atoms with Gasteiger partial charge in [0, 0.05) is 50.7 Å². The van der Waals surface area contributed by atoms with E-state index in [1.807, 2.05) is 19.1 Å². The van der Waals surface area contributed by atoms with Crippen LogP contribution in [0.2, 0.25) is 0 Å². The van der Waals surface area contributed by atoms with Crippen LogP contribution in [0.1, 0.15) is 56.5 Å². The monoisotopic (exact) mass is 491 g/mol. The van der Waals surface area contributed by atoms with Gasteiger partial charge in [0.1, 0.15) is 0 Å². The van der Waals surface area contributed by atoms with Crippen molar-refractivity contribution in [2.75, 3.05) is 13.1 Å². The fourth-order valence-corrected chi connectivity index (χ4v) is 5.47. The zero-order valence-corrected chi connectivity index (χ0v) is 19.7. The number of hydrogen-bond acceptors (Lipinski definition) is 6. The van der Waals surface area contributed by atoms with Gasteiger partial charge in [-0.2, -0.15) is 18.2 Å². The van der Waals surface area contributed by atoms with Crippen LogP contribution >= 0.6 is 0 Å². The average molecular weight is 492 g/mol. The highest BCUT2D eigenvalue weighted by molar-refractivity contribution is 5.87. The van der Waals surface area contributed by atoms with Crippen molar-refractivity contribution in [2.24, 2.45) is 5.41 Å². The van der Waals surface area contributed by atoms with Crippen molar-refractivity contribution < 1.29 is 27.3 Å². The van der Waals surface area contributed by atoms with Crippen LogP contribution in [0.5, 0.6) is 0 Å². The molecule has 1 aliphatic carbocycles. The Kier molecular flexibility index (Phi) is 5.85. The van der Waals surface area contributed by atoms with Crippen LogP contribution in [0.15, 0.2) is 22.7 Å². The van der Waals surface area contributed by atoms with Gasteiger partial charge in [0.05, 0.1) is 5.41 Å². The van der Waals surface area contributed by atoms with Crippen molar-refractivity contribution >= 4 is 11.8 Å². The molecule has 188 valence electrons. The van der Waals surface area contributed by atoms with Crippen molar-refractivity contribution in [1.82, 2.24) is 25.3 Å². The summed E-state index contributed by atoms with van der Waals surface area (Å²) in [6.07, 6.45) is -0.707. The molecule has 0 unspecified atom stereocenters. The Morgan fingerprint density at radius 1 is 1.14 bits per heavy atom. The Labute approximate surface area is 200 Å². The molecule has 1 saturated carbocycles. The second-order valence-electron chi connectivity index (χ2n) is 10.2. The number of likely N-dealkylation sites (tertiary alicyclic amines) is 1. The minimum atomic E-state index is -4.68. The third kappa shape index (κ3) is 4.53. The van der Waals surface area contributed by atoms with Gasteiger partial charge in [0.15, 0.2) is 0 Å². The Morgan fingerprint density at radius 2 is 1.86 bits per heavy atom. The summed E-state index contributed by atoms with van der Waals surface area (Å²) in [5.74, 6) is -1.48. The number of nitrogens with one attached hydrogen (secondary N) is 1. The zero-order valence-electron chi connectivity index (χ0n) is 19.7. The molecule has 0 bridgehead atoms. The van der Waals surface area contributed by atoms with Crippen LogP contribution < -0.4 is 5.32 Å². The maximum Gasteiger partial charge on any atom is 0.471 e. The number of rotatable bonds is 4. The summed E-state index contributed by atoms with van der Waals surface area (Å²) in [4.78, 5) is 32.1. The van der Waals surface area contributed by atoms with E-state index < -0.39 is 17.5 Å². The van der Waals surface area contributed by atoms with Gasteiger partial charge in [-0.05, 0) is 37.0 Å². The summed E-state index contributed by atoms with van der Waals surface area (Å²) in [5.41, 5.74) is 2.04. The van der Waals surface area contributed by atoms with Crippen molar-refractivity contribution in [2.45, 2.75) is 70.9 Å². The molecule has 11 heteroatoms. The highest BCUT2D eigenvalue weighted by Crippen LogP contribution is 2.36. The highest BCUT2D eigenvalue weighted by Gasteiger charge is 2.47. The predicted molar refractivity (Wildman–Crippen MR) is 119 cm³/mol. The van der Waals surface area contributed by atoms with E-state index >= 15 is 0 Å². The van der Waals surface area contributed by atoms with E-state index in [1.54, 1.807) is 11.0 Å². The highest BCUT2D eigenvalue weighted by atomic mass is 19.4. The number of nitrogens with zero attached hydrogens (tertiary/aromatic N) is 4. The van der Waals surface area contributed by atoms with E-state index in [1.165, 1.54) is 6.92 Å².